The van der Waals surface area contributed by atoms with Crippen LogP contribution >= 0.6 is 11.3 Å². The van der Waals surface area contributed by atoms with Gasteiger partial charge in [0.2, 0.25) is 15.9 Å². The molecule has 1 aliphatic rings. The first kappa shape index (κ1) is 20.9. The number of rotatable bonds is 6. The summed E-state index contributed by atoms with van der Waals surface area (Å²) in [5, 5.41) is 0.576. The number of thiazole rings is 1. The average Bonchev–Trinajstić information content (AvgIpc) is 3.38. The van der Waals surface area contributed by atoms with Gasteiger partial charge in [0.25, 0.3) is 0 Å². The van der Waals surface area contributed by atoms with Gasteiger partial charge in [0.1, 0.15) is 6.04 Å². The van der Waals surface area contributed by atoms with E-state index in [-0.39, 0.29) is 5.91 Å². The second-order valence-corrected chi connectivity index (χ2v) is 10.4. The SMILES string of the molecule is CCc1ccc2nc(N(Cc3cccnc3)C(=O)C3CCCN3S(C)(=O)=O)sc2c1. The largest absolute Gasteiger partial charge is 0.282 e. The minimum atomic E-state index is -3.46. The molecule has 0 aliphatic carbocycles. The number of hydrogen-bond acceptors (Lipinski definition) is 6. The van der Waals surface area contributed by atoms with Crippen LogP contribution in [-0.4, -0.2) is 47.4 Å². The van der Waals surface area contributed by atoms with E-state index in [2.05, 4.69) is 18.0 Å². The Balaban J connectivity index is 1.74. The normalized spacial score (nSPS) is 17.5. The summed E-state index contributed by atoms with van der Waals surface area (Å²) in [5.41, 5.74) is 2.91. The number of nitrogens with zero attached hydrogens (tertiary/aromatic N) is 4. The number of aryl methyl sites for hydroxylation is 1. The number of carbonyl (C=O) groups excluding carboxylic acids is 1. The zero-order chi connectivity index (χ0) is 21.3. The van der Waals surface area contributed by atoms with Crippen molar-refractivity contribution in [3.05, 3.63) is 53.9 Å². The van der Waals surface area contributed by atoms with E-state index in [0.29, 0.717) is 31.1 Å². The number of hydrogen-bond donors (Lipinski definition) is 0. The van der Waals surface area contributed by atoms with Crippen LogP contribution in [0.25, 0.3) is 10.2 Å². The molecule has 1 aliphatic heterocycles. The van der Waals surface area contributed by atoms with Crippen LogP contribution in [0, 0.1) is 0 Å². The molecule has 3 heterocycles. The van der Waals surface area contributed by atoms with E-state index < -0.39 is 16.1 Å². The summed E-state index contributed by atoms with van der Waals surface area (Å²) >= 11 is 1.46. The maximum Gasteiger partial charge on any atom is 0.247 e. The fourth-order valence-electron chi connectivity index (χ4n) is 3.77. The van der Waals surface area contributed by atoms with Gasteiger partial charge < -0.3 is 0 Å². The van der Waals surface area contributed by atoms with Crippen molar-refractivity contribution >= 4 is 42.6 Å². The van der Waals surface area contributed by atoms with Crippen LogP contribution in [0.15, 0.2) is 42.7 Å². The van der Waals surface area contributed by atoms with Crippen LogP contribution in [0.2, 0.25) is 0 Å². The first-order chi connectivity index (χ1) is 14.4. The second-order valence-electron chi connectivity index (χ2n) is 7.47. The lowest BCUT2D eigenvalue weighted by molar-refractivity contribution is -0.121. The third kappa shape index (κ3) is 4.23. The van der Waals surface area contributed by atoms with E-state index in [0.717, 1.165) is 28.5 Å². The third-order valence-corrected chi connectivity index (χ3v) is 7.66. The summed E-state index contributed by atoms with van der Waals surface area (Å²) in [5.74, 6) is -0.239. The molecule has 7 nitrogen and oxygen atoms in total. The van der Waals surface area contributed by atoms with Crippen molar-refractivity contribution in [3.63, 3.8) is 0 Å². The van der Waals surface area contributed by atoms with Gasteiger partial charge in [-0.05, 0) is 48.6 Å². The Morgan fingerprint density at radius 2 is 2.13 bits per heavy atom. The number of pyridine rings is 1. The zero-order valence-electron chi connectivity index (χ0n) is 17.0. The third-order valence-electron chi connectivity index (χ3n) is 5.32. The van der Waals surface area contributed by atoms with Crippen LogP contribution in [0.1, 0.15) is 30.9 Å². The van der Waals surface area contributed by atoms with Gasteiger partial charge in [0.15, 0.2) is 5.13 Å². The van der Waals surface area contributed by atoms with Gasteiger partial charge >= 0.3 is 0 Å². The molecule has 3 aromatic rings. The molecule has 1 unspecified atom stereocenters. The highest BCUT2D eigenvalue weighted by atomic mass is 32.2. The smallest absolute Gasteiger partial charge is 0.247 e. The molecule has 1 fully saturated rings. The highest BCUT2D eigenvalue weighted by Gasteiger charge is 2.39. The molecule has 2 aromatic heterocycles. The molecule has 9 heteroatoms. The Hall–Kier alpha value is -2.36. The molecule has 0 radical (unpaired) electrons. The van der Waals surface area contributed by atoms with E-state index in [4.69, 9.17) is 4.98 Å². The van der Waals surface area contributed by atoms with E-state index in [1.165, 1.54) is 21.2 Å². The van der Waals surface area contributed by atoms with Crippen molar-refractivity contribution in [2.45, 2.75) is 38.8 Å². The van der Waals surface area contributed by atoms with E-state index in [1.54, 1.807) is 17.3 Å². The fraction of sp³-hybridized carbons (Fsp3) is 0.381. The first-order valence-electron chi connectivity index (χ1n) is 9.93. The van der Waals surface area contributed by atoms with Gasteiger partial charge in [-0.25, -0.2) is 13.4 Å². The number of aromatic nitrogens is 2. The van der Waals surface area contributed by atoms with Crippen molar-refractivity contribution in [2.75, 3.05) is 17.7 Å². The van der Waals surface area contributed by atoms with Crippen LogP contribution < -0.4 is 4.90 Å². The molecule has 1 atom stereocenters. The van der Waals surface area contributed by atoms with Crippen LogP contribution in [0.4, 0.5) is 5.13 Å². The monoisotopic (exact) mass is 444 g/mol. The molecular weight excluding hydrogens is 420 g/mol. The first-order valence-corrected chi connectivity index (χ1v) is 12.6. The van der Waals surface area contributed by atoms with Crippen molar-refractivity contribution in [1.82, 2.24) is 14.3 Å². The topological polar surface area (TPSA) is 83.5 Å². The van der Waals surface area contributed by atoms with Crippen LogP contribution in [0.5, 0.6) is 0 Å². The summed E-state index contributed by atoms with van der Waals surface area (Å²) in [6, 6.07) is 9.14. The molecule has 1 aromatic carbocycles. The Bertz CT molecular complexity index is 1160. The summed E-state index contributed by atoms with van der Waals surface area (Å²) < 4.78 is 26.7. The lowest BCUT2D eigenvalue weighted by Gasteiger charge is -2.27. The van der Waals surface area contributed by atoms with E-state index in [9.17, 15) is 13.2 Å². The number of carbonyl (C=O) groups is 1. The Morgan fingerprint density at radius 3 is 2.83 bits per heavy atom. The molecule has 1 amide bonds. The summed E-state index contributed by atoms with van der Waals surface area (Å²) in [6.45, 7) is 2.76. The standard InChI is InChI=1S/C21H24N4O3S2/c1-3-15-8-9-17-19(12-15)29-21(23-17)24(14-16-6-4-10-22-13-16)20(26)18-7-5-11-25(18)30(2,27)28/h4,6,8-10,12-13,18H,3,5,7,11,14H2,1-2H3. The molecule has 158 valence electrons. The van der Waals surface area contributed by atoms with Gasteiger partial charge in [-0.2, -0.15) is 4.31 Å². The number of amides is 1. The minimum absolute atomic E-state index is 0.239. The molecule has 0 spiro atoms. The number of sulfonamides is 1. The van der Waals surface area contributed by atoms with Crippen molar-refractivity contribution in [3.8, 4) is 0 Å². The Kier molecular flexibility index (Phi) is 5.86. The summed E-state index contributed by atoms with van der Waals surface area (Å²) in [4.78, 5) is 24.0. The maximum atomic E-state index is 13.6. The lowest BCUT2D eigenvalue weighted by Crippen LogP contribution is -2.47. The zero-order valence-corrected chi connectivity index (χ0v) is 18.6. The summed E-state index contributed by atoms with van der Waals surface area (Å²) in [6.07, 6.45) is 6.67. The predicted octanol–water partition coefficient (Wildman–Crippen LogP) is 3.21. The van der Waals surface area contributed by atoms with Crippen molar-refractivity contribution < 1.29 is 13.2 Å². The number of benzene rings is 1. The molecule has 0 saturated carbocycles. The Morgan fingerprint density at radius 1 is 1.30 bits per heavy atom. The van der Waals surface area contributed by atoms with Gasteiger partial charge in [-0.3, -0.25) is 14.7 Å². The van der Waals surface area contributed by atoms with Crippen molar-refractivity contribution in [1.29, 1.82) is 0 Å². The van der Waals surface area contributed by atoms with E-state index in [1.807, 2.05) is 24.3 Å². The quantitative estimate of drug-likeness (QED) is 0.583. The summed E-state index contributed by atoms with van der Waals surface area (Å²) in [7, 11) is -3.46. The van der Waals surface area contributed by atoms with Gasteiger partial charge in [0, 0.05) is 18.9 Å². The minimum Gasteiger partial charge on any atom is -0.282 e. The maximum absolute atomic E-state index is 13.6. The molecule has 4 rings (SSSR count). The van der Waals surface area contributed by atoms with Crippen LogP contribution in [0.3, 0.4) is 0 Å². The van der Waals surface area contributed by atoms with E-state index >= 15 is 0 Å². The molecule has 30 heavy (non-hydrogen) atoms. The highest BCUT2D eigenvalue weighted by Crippen LogP contribution is 2.33. The van der Waals surface area contributed by atoms with Crippen molar-refractivity contribution in [2.24, 2.45) is 0 Å². The van der Waals surface area contributed by atoms with Gasteiger partial charge in [-0.1, -0.05) is 30.4 Å². The van der Waals surface area contributed by atoms with Gasteiger partial charge in [0.05, 0.1) is 23.0 Å². The molecule has 0 bridgehead atoms. The average molecular weight is 445 g/mol. The lowest BCUT2D eigenvalue weighted by atomic mass is 10.2. The second kappa shape index (κ2) is 8.41. The van der Waals surface area contributed by atoms with Gasteiger partial charge in [-0.15, -0.1) is 0 Å². The molecular formula is C21H24N4O3S2. The number of fused-ring (bicyclic) bond motifs is 1. The Labute approximate surface area is 180 Å². The molecule has 0 N–H and O–H groups in total. The molecule has 1 saturated heterocycles. The predicted molar refractivity (Wildman–Crippen MR) is 119 cm³/mol. The number of anilines is 1. The highest BCUT2D eigenvalue weighted by molar-refractivity contribution is 7.88. The van der Waals surface area contributed by atoms with Crippen LogP contribution in [-0.2, 0) is 27.8 Å². The fourth-order valence-corrected chi connectivity index (χ4v) is 5.92.